The van der Waals surface area contributed by atoms with Crippen molar-refractivity contribution in [1.82, 2.24) is 9.80 Å². The molecular formula is C12H18N2O2S. The van der Waals surface area contributed by atoms with E-state index in [-0.39, 0.29) is 18.4 Å². The molecule has 0 bridgehead atoms. The third-order valence-electron chi connectivity index (χ3n) is 2.46. The second kappa shape index (κ2) is 6.39. The Morgan fingerprint density at radius 1 is 1.29 bits per heavy atom. The third-order valence-corrected chi connectivity index (χ3v) is 3.34. The quantitative estimate of drug-likeness (QED) is 0.793. The van der Waals surface area contributed by atoms with Crippen LogP contribution < -0.4 is 0 Å². The van der Waals surface area contributed by atoms with Gasteiger partial charge in [0.25, 0.3) is 0 Å². The van der Waals surface area contributed by atoms with Gasteiger partial charge in [0, 0.05) is 25.5 Å². The summed E-state index contributed by atoms with van der Waals surface area (Å²) in [6.07, 6.45) is 0.381. The molecule has 2 amide bonds. The smallest absolute Gasteiger partial charge is 0.241 e. The van der Waals surface area contributed by atoms with E-state index in [9.17, 15) is 9.59 Å². The van der Waals surface area contributed by atoms with Crippen LogP contribution in [0.4, 0.5) is 0 Å². The van der Waals surface area contributed by atoms with Gasteiger partial charge in [-0.3, -0.25) is 9.59 Å². The molecule has 0 spiro atoms. The number of likely N-dealkylation sites (N-methyl/N-ethyl adjacent to an activating group) is 2. The van der Waals surface area contributed by atoms with Gasteiger partial charge >= 0.3 is 0 Å². The van der Waals surface area contributed by atoms with Gasteiger partial charge in [-0.1, -0.05) is 6.07 Å². The van der Waals surface area contributed by atoms with E-state index in [1.165, 1.54) is 4.90 Å². The molecule has 17 heavy (non-hydrogen) atoms. The van der Waals surface area contributed by atoms with Crippen LogP contribution in [0.1, 0.15) is 11.8 Å². The Balaban J connectivity index is 2.55. The van der Waals surface area contributed by atoms with E-state index < -0.39 is 0 Å². The largest absolute Gasteiger partial charge is 0.347 e. The third kappa shape index (κ3) is 4.19. The summed E-state index contributed by atoms with van der Waals surface area (Å²) < 4.78 is 0. The summed E-state index contributed by atoms with van der Waals surface area (Å²) >= 11 is 1.56. The van der Waals surface area contributed by atoms with Crippen molar-refractivity contribution in [2.75, 3.05) is 27.2 Å². The van der Waals surface area contributed by atoms with E-state index >= 15 is 0 Å². The van der Waals surface area contributed by atoms with Gasteiger partial charge in [0.2, 0.25) is 11.8 Å². The number of hydrogen-bond acceptors (Lipinski definition) is 3. The first-order chi connectivity index (χ1) is 8.04. The first-order valence-electron chi connectivity index (χ1n) is 5.55. The summed E-state index contributed by atoms with van der Waals surface area (Å²) in [6.45, 7) is 2.60. The average Bonchev–Trinajstić information content (AvgIpc) is 2.77. The Hall–Kier alpha value is -1.36. The van der Waals surface area contributed by atoms with Crippen molar-refractivity contribution < 1.29 is 9.59 Å². The Morgan fingerprint density at radius 2 is 2.00 bits per heavy atom. The predicted molar refractivity (Wildman–Crippen MR) is 69.0 cm³/mol. The fourth-order valence-electron chi connectivity index (χ4n) is 1.36. The molecule has 0 fully saturated rings. The minimum atomic E-state index is -0.0496. The van der Waals surface area contributed by atoms with Crippen molar-refractivity contribution in [2.24, 2.45) is 0 Å². The Kier molecular flexibility index (Phi) is 5.15. The molecule has 0 radical (unpaired) electrons. The first kappa shape index (κ1) is 13.7. The van der Waals surface area contributed by atoms with Crippen molar-refractivity contribution in [3.63, 3.8) is 0 Å². The lowest BCUT2D eigenvalue weighted by Crippen LogP contribution is -2.40. The Labute approximate surface area is 106 Å². The van der Waals surface area contributed by atoms with Crippen LogP contribution in [-0.4, -0.2) is 48.8 Å². The highest BCUT2D eigenvalue weighted by molar-refractivity contribution is 7.10. The van der Waals surface area contributed by atoms with E-state index in [2.05, 4.69) is 0 Å². The van der Waals surface area contributed by atoms with Crippen molar-refractivity contribution in [3.8, 4) is 0 Å². The molecule has 1 rings (SSSR count). The van der Waals surface area contributed by atoms with Gasteiger partial charge in [-0.2, -0.15) is 0 Å². The summed E-state index contributed by atoms with van der Waals surface area (Å²) in [4.78, 5) is 27.6. The van der Waals surface area contributed by atoms with Crippen molar-refractivity contribution >= 4 is 23.2 Å². The van der Waals surface area contributed by atoms with Gasteiger partial charge in [-0.15, -0.1) is 11.3 Å². The van der Waals surface area contributed by atoms with Crippen LogP contribution in [0.15, 0.2) is 17.5 Å². The molecule has 0 saturated carbocycles. The second-order valence-corrected chi connectivity index (χ2v) is 4.98. The number of amides is 2. The van der Waals surface area contributed by atoms with Crippen LogP contribution in [-0.2, 0) is 16.0 Å². The monoisotopic (exact) mass is 254 g/mol. The molecule has 0 unspecified atom stereocenters. The van der Waals surface area contributed by atoms with E-state index in [1.807, 2.05) is 24.4 Å². The highest BCUT2D eigenvalue weighted by Crippen LogP contribution is 2.10. The number of hydrogen-bond donors (Lipinski definition) is 0. The number of rotatable bonds is 5. The molecule has 0 atom stereocenters. The summed E-state index contributed by atoms with van der Waals surface area (Å²) in [5, 5.41) is 1.95. The molecule has 0 aliphatic carbocycles. The zero-order valence-corrected chi connectivity index (χ0v) is 11.3. The lowest BCUT2D eigenvalue weighted by Gasteiger charge is -2.22. The van der Waals surface area contributed by atoms with Crippen LogP contribution in [0.3, 0.4) is 0 Å². The molecule has 4 nitrogen and oxygen atoms in total. The molecule has 5 heteroatoms. The van der Waals surface area contributed by atoms with Gasteiger partial charge in [0.05, 0.1) is 13.0 Å². The minimum Gasteiger partial charge on any atom is -0.347 e. The topological polar surface area (TPSA) is 40.6 Å². The fraction of sp³-hybridized carbons (Fsp3) is 0.500. The van der Waals surface area contributed by atoms with Crippen LogP contribution in [0.2, 0.25) is 0 Å². The highest BCUT2D eigenvalue weighted by atomic mass is 32.1. The van der Waals surface area contributed by atoms with E-state index in [0.717, 1.165) is 4.88 Å². The first-order valence-corrected chi connectivity index (χ1v) is 6.42. The molecule has 1 heterocycles. The Bertz CT molecular complexity index is 374. The minimum absolute atomic E-state index is 0.00477. The zero-order valence-electron chi connectivity index (χ0n) is 10.5. The number of nitrogens with zero attached hydrogens (tertiary/aromatic N) is 2. The lowest BCUT2D eigenvalue weighted by molar-refractivity contribution is -0.138. The normalized spacial score (nSPS) is 10.1. The lowest BCUT2D eigenvalue weighted by atomic mass is 10.3. The van der Waals surface area contributed by atoms with E-state index in [4.69, 9.17) is 0 Å². The molecule has 0 aromatic carbocycles. The summed E-state index contributed by atoms with van der Waals surface area (Å²) in [6, 6.07) is 3.86. The molecule has 94 valence electrons. The van der Waals surface area contributed by atoms with Gasteiger partial charge in [-0.05, 0) is 18.4 Å². The molecular weight excluding hydrogens is 236 g/mol. The molecule has 0 aliphatic heterocycles. The van der Waals surface area contributed by atoms with Crippen molar-refractivity contribution in [3.05, 3.63) is 22.4 Å². The van der Waals surface area contributed by atoms with Gasteiger partial charge < -0.3 is 9.80 Å². The molecule has 1 aromatic heterocycles. The number of thiophene rings is 1. The predicted octanol–water partition coefficient (Wildman–Crippen LogP) is 1.23. The molecule has 0 aliphatic rings. The maximum absolute atomic E-state index is 12.0. The van der Waals surface area contributed by atoms with E-state index in [1.54, 1.807) is 30.3 Å². The van der Waals surface area contributed by atoms with Crippen molar-refractivity contribution in [2.45, 2.75) is 13.3 Å². The molecule has 0 N–H and O–H groups in total. The SMILES string of the molecule is CCN(CC(=O)N(C)C)C(=O)Cc1cccs1. The van der Waals surface area contributed by atoms with Gasteiger partial charge in [-0.25, -0.2) is 0 Å². The zero-order chi connectivity index (χ0) is 12.8. The maximum Gasteiger partial charge on any atom is 0.241 e. The highest BCUT2D eigenvalue weighted by Gasteiger charge is 2.17. The van der Waals surface area contributed by atoms with Crippen molar-refractivity contribution in [1.29, 1.82) is 0 Å². The standard InChI is InChI=1S/C12H18N2O2S/c1-4-14(9-12(16)13(2)3)11(15)8-10-6-5-7-17-10/h5-7H,4,8-9H2,1-3H3. The second-order valence-electron chi connectivity index (χ2n) is 3.95. The van der Waals surface area contributed by atoms with Crippen LogP contribution in [0, 0.1) is 0 Å². The van der Waals surface area contributed by atoms with Crippen LogP contribution in [0.5, 0.6) is 0 Å². The maximum atomic E-state index is 12.0. The van der Waals surface area contributed by atoms with Crippen LogP contribution in [0.25, 0.3) is 0 Å². The summed E-state index contributed by atoms with van der Waals surface area (Å²) in [5.41, 5.74) is 0. The fourth-order valence-corrected chi connectivity index (χ4v) is 2.05. The summed E-state index contributed by atoms with van der Waals surface area (Å²) in [7, 11) is 3.39. The van der Waals surface area contributed by atoms with Gasteiger partial charge in [0.15, 0.2) is 0 Å². The average molecular weight is 254 g/mol. The number of carbonyl (C=O) groups is 2. The molecule has 0 saturated heterocycles. The number of carbonyl (C=O) groups excluding carboxylic acids is 2. The van der Waals surface area contributed by atoms with E-state index in [0.29, 0.717) is 13.0 Å². The Morgan fingerprint density at radius 3 is 2.47 bits per heavy atom. The summed E-state index contributed by atoms with van der Waals surface area (Å²) in [5.74, 6) is -0.0449. The van der Waals surface area contributed by atoms with Gasteiger partial charge in [0.1, 0.15) is 0 Å². The molecule has 1 aromatic rings. The van der Waals surface area contributed by atoms with Crippen LogP contribution >= 0.6 is 11.3 Å².